The number of hydrogen-bond donors (Lipinski definition) is 1. The monoisotopic (exact) mass is 171 g/mol. The maximum Gasteiger partial charge on any atom is 0.329 e. The molecule has 1 N–H and O–H groups in total. The SMILES string of the molecule is CCN(C=CC(=O)O)CC(C)C. The molecule has 0 aromatic rings. The van der Waals surface area contributed by atoms with Crippen LogP contribution >= 0.6 is 0 Å². The molecule has 0 spiro atoms. The van der Waals surface area contributed by atoms with Crippen molar-refractivity contribution in [1.29, 1.82) is 0 Å². The molecule has 3 nitrogen and oxygen atoms in total. The first kappa shape index (κ1) is 11.0. The van der Waals surface area contributed by atoms with Crippen molar-refractivity contribution in [3.05, 3.63) is 12.3 Å². The van der Waals surface area contributed by atoms with Crippen LogP contribution < -0.4 is 0 Å². The molecule has 0 aromatic heterocycles. The summed E-state index contributed by atoms with van der Waals surface area (Å²) < 4.78 is 0. The Bertz CT molecular complexity index is 164. The van der Waals surface area contributed by atoms with E-state index in [2.05, 4.69) is 13.8 Å². The lowest BCUT2D eigenvalue weighted by molar-refractivity contribution is -0.131. The second kappa shape index (κ2) is 5.63. The van der Waals surface area contributed by atoms with E-state index >= 15 is 0 Å². The molecule has 0 fully saturated rings. The largest absolute Gasteiger partial charge is 0.478 e. The second-order valence-corrected chi connectivity index (χ2v) is 3.14. The van der Waals surface area contributed by atoms with Gasteiger partial charge in [0.1, 0.15) is 0 Å². The number of nitrogens with zero attached hydrogens (tertiary/aromatic N) is 1. The van der Waals surface area contributed by atoms with Gasteiger partial charge in [0.2, 0.25) is 0 Å². The minimum atomic E-state index is -0.891. The molecule has 70 valence electrons. The Hall–Kier alpha value is -0.990. The van der Waals surface area contributed by atoms with Gasteiger partial charge in [0.15, 0.2) is 0 Å². The summed E-state index contributed by atoms with van der Waals surface area (Å²) in [5, 5.41) is 8.38. The van der Waals surface area contributed by atoms with Crippen LogP contribution in [0.25, 0.3) is 0 Å². The lowest BCUT2D eigenvalue weighted by Crippen LogP contribution is -2.22. The minimum absolute atomic E-state index is 0.559. The lowest BCUT2D eigenvalue weighted by Gasteiger charge is -2.19. The number of aliphatic carboxylic acids is 1. The molecule has 0 rings (SSSR count). The van der Waals surface area contributed by atoms with Crippen LogP contribution in [0.2, 0.25) is 0 Å². The zero-order valence-electron chi connectivity index (χ0n) is 7.95. The van der Waals surface area contributed by atoms with Gasteiger partial charge in [-0.2, -0.15) is 0 Å². The predicted molar refractivity (Wildman–Crippen MR) is 48.9 cm³/mol. The first-order valence-corrected chi connectivity index (χ1v) is 4.21. The van der Waals surface area contributed by atoms with Crippen LogP contribution in [0.3, 0.4) is 0 Å². The van der Waals surface area contributed by atoms with Crippen molar-refractivity contribution in [2.75, 3.05) is 13.1 Å². The molecular weight excluding hydrogens is 154 g/mol. The average Bonchev–Trinajstić information content (AvgIpc) is 1.97. The molecular formula is C9H17NO2. The first-order valence-electron chi connectivity index (χ1n) is 4.21. The van der Waals surface area contributed by atoms with Gasteiger partial charge in [0, 0.05) is 25.4 Å². The Kier molecular flexibility index (Phi) is 5.17. The van der Waals surface area contributed by atoms with Crippen LogP contribution in [0.4, 0.5) is 0 Å². The second-order valence-electron chi connectivity index (χ2n) is 3.14. The lowest BCUT2D eigenvalue weighted by atomic mass is 10.2. The van der Waals surface area contributed by atoms with Crippen molar-refractivity contribution in [3.63, 3.8) is 0 Å². The maximum atomic E-state index is 10.2. The highest BCUT2D eigenvalue weighted by Gasteiger charge is 1.99. The zero-order valence-corrected chi connectivity index (χ0v) is 7.95. The molecule has 3 heteroatoms. The molecule has 0 aliphatic rings. The summed E-state index contributed by atoms with van der Waals surface area (Å²) in [7, 11) is 0. The summed E-state index contributed by atoms with van der Waals surface area (Å²) in [6.07, 6.45) is 2.80. The number of rotatable bonds is 5. The van der Waals surface area contributed by atoms with Crippen LogP contribution in [0.5, 0.6) is 0 Å². The fourth-order valence-electron chi connectivity index (χ4n) is 0.934. The number of carboxylic acids is 1. The summed E-state index contributed by atoms with van der Waals surface area (Å²) in [6, 6.07) is 0. The Morgan fingerprint density at radius 2 is 2.17 bits per heavy atom. The van der Waals surface area contributed by atoms with E-state index in [1.807, 2.05) is 11.8 Å². The van der Waals surface area contributed by atoms with E-state index in [4.69, 9.17) is 5.11 Å². The van der Waals surface area contributed by atoms with E-state index < -0.39 is 5.97 Å². The van der Waals surface area contributed by atoms with Crippen molar-refractivity contribution in [3.8, 4) is 0 Å². The van der Waals surface area contributed by atoms with Gasteiger partial charge >= 0.3 is 5.97 Å². The maximum absolute atomic E-state index is 10.2. The molecule has 0 saturated heterocycles. The molecule has 0 aliphatic carbocycles. The fraction of sp³-hybridized carbons (Fsp3) is 0.667. The molecule has 0 bridgehead atoms. The van der Waals surface area contributed by atoms with E-state index in [0.717, 1.165) is 13.1 Å². The van der Waals surface area contributed by atoms with Crippen LogP contribution in [0, 0.1) is 5.92 Å². The molecule has 0 saturated carbocycles. The van der Waals surface area contributed by atoms with Gasteiger partial charge < -0.3 is 10.0 Å². The molecule has 0 heterocycles. The third kappa shape index (κ3) is 5.77. The quantitative estimate of drug-likeness (QED) is 0.638. The van der Waals surface area contributed by atoms with Crippen molar-refractivity contribution < 1.29 is 9.90 Å². The summed E-state index contributed by atoms with van der Waals surface area (Å²) >= 11 is 0. The zero-order chi connectivity index (χ0) is 9.56. The van der Waals surface area contributed by atoms with Gasteiger partial charge in [-0.25, -0.2) is 4.79 Å². The molecule has 0 aliphatic heterocycles. The van der Waals surface area contributed by atoms with Crippen LogP contribution in [0.15, 0.2) is 12.3 Å². The summed E-state index contributed by atoms with van der Waals surface area (Å²) in [6.45, 7) is 7.98. The smallest absolute Gasteiger partial charge is 0.329 e. The highest BCUT2D eigenvalue weighted by molar-refractivity contribution is 5.79. The number of hydrogen-bond acceptors (Lipinski definition) is 2. The van der Waals surface area contributed by atoms with E-state index in [9.17, 15) is 4.79 Å². The molecule has 0 radical (unpaired) electrons. The van der Waals surface area contributed by atoms with E-state index in [1.54, 1.807) is 6.20 Å². The first-order chi connectivity index (χ1) is 5.56. The summed E-state index contributed by atoms with van der Waals surface area (Å²) in [5.74, 6) is -0.333. The van der Waals surface area contributed by atoms with Crippen LogP contribution in [0.1, 0.15) is 20.8 Å². The Balaban J connectivity index is 3.90. The average molecular weight is 171 g/mol. The van der Waals surface area contributed by atoms with Crippen molar-refractivity contribution >= 4 is 5.97 Å². The van der Waals surface area contributed by atoms with Gasteiger partial charge in [-0.1, -0.05) is 13.8 Å². The third-order valence-corrected chi connectivity index (χ3v) is 1.43. The summed E-state index contributed by atoms with van der Waals surface area (Å²) in [4.78, 5) is 12.2. The molecule has 0 atom stereocenters. The third-order valence-electron chi connectivity index (χ3n) is 1.43. The standard InChI is InChI=1S/C9H17NO2/c1-4-10(7-8(2)3)6-5-9(11)12/h5-6,8H,4,7H2,1-3H3,(H,11,12). The van der Waals surface area contributed by atoms with Crippen molar-refractivity contribution in [2.45, 2.75) is 20.8 Å². The highest BCUT2D eigenvalue weighted by Crippen LogP contribution is 1.98. The van der Waals surface area contributed by atoms with E-state index in [-0.39, 0.29) is 0 Å². The number of carbonyl (C=O) groups is 1. The van der Waals surface area contributed by atoms with Crippen molar-refractivity contribution in [2.24, 2.45) is 5.92 Å². The minimum Gasteiger partial charge on any atom is -0.478 e. The topological polar surface area (TPSA) is 40.5 Å². The van der Waals surface area contributed by atoms with E-state index in [1.165, 1.54) is 6.08 Å². The van der Waals surface area contributed by atoms with Crippen LogP contribution in [-0.2, 0) is 4.79 Å². The Labute approximate surface area is 73.7 Å². The molecule has 0 aromatic carbocycles. The van der Waals surface area contributed by atoms with Gasteiger partial charge in [-0.05, 0) is 12.8 Å². The van der Waals surface area contributed by atoms with Gasteiger partial charge in [0.25, 0.3) is 0 Å². The Morgan fingerprint density at radius 1 is 1.58 bits per heavy atom. The van der Waals surface area contributed by atoms with Crippen LogP contribution in [-0.4, -0.2) is 29.1 Å². The van der Waals surface area contributed by atoms with Crippen molar-refractivity contribution in [1.82, 2.24) is 4.90 Å². The van der Waals surface area contributed by atoms with Gasteiger partial charge in [0.05, 0.1) is 0 Å². The molecule has 0 unspecified atom stereocenters. The molecule has 0 amide bonds. The normalized spacial score (nSPS) is 11.0. The van der Waals surface area contributed by atoms with Gasteiger partial charge in [-0.15, -0.1) is 0 Å². The Morgan fingerprint density at radius 3 is 2.50 bits per heavy atom. The predicted octanol–water partition coefficient (Wildman–Crippen LogP) is 1.56. The van der Waals surface area contributed by atoms with E-state index in [0.29, 0.717) is 5.92 Å². The summed E-state index contributed by atoms with van der Waals surface area (Å²) in [5.41, 5.74) is 0. The number of carboxylic acid groups (broad SMARTS) is 1. The highest BCUT2D eigenvalue weighted by atomic mass is 16.4. The van der Waals surface area contributed by atoms with Gasteiger partial charge in [-0.3, -0.25) is 0 Å². The fourth-order valence-corrected chi connectivity index (χ4v) is 0.934. The molecule has 12 heavy (non-hydrogen) atoms.